The van der Waals surface area contributed by atoms with Crippen LogP contribution < -0.4 is 5.32 Å². The van der Waals surface area contributed by atoms with E-state index in [0.29, 0.717) is 22.5 Å². The van der Waals surface area contributed by atoms with Gasteiger partial charge in [0.2, 0.25) is 5.91 Å². The number of aromatic nitrogens is 1. The lowest BCUT2D eigenvalue weighted by Gasteiger charge is -2.13. The number of thioether (sulfide) groups is 1. The summed E-state index contributed by atoms with van der Waals surface area (Å²) in [4.78, 5) is 43.4. The van der Waals surface area contributed by atoms with E-state index in [0.717, 1.165) is 21.3 Å². The van der Waals surface area contributed by atoms with Gasteiger partial charge in [-0.3, -0.25) is 19.3 Å². The highest BCUT2D eigenvalue weighted by Gasteiger charge is 2.34. The predicted molar refractivity (Wildman–Crippen MR) is 124 cm³/mol. The molecular formula is C23H21N3O3S2. The summed E-state index contributed by atoms with van der Waals surface area (Å²) in [5, 5.41) is 3.68. The molecule has 3 aromatic rings. The van der Waals surface area contributed by atoms with E-state index in [9.17, 15) is 14.4 Å². The number of nitrogens with one attached hydrogen (secondary N) is 1. The molecule has 31 heavy (non-hydrogen) atoms. The van der Waals surface area contributed by atoms with Crippen LogP contribution in [-0.4, -0.2) is 39.9 Å². The number of thiazole rings is 1. The van der Waals surface area contributed by atoms with Crippen molar-refractivity contribution in [2.45, 2.75) is 24.1 Å². The summed E-state index contributed by atoms with van der Waals surface area (Å²) in [6.07, 6.45) is 0.600. The molecule has 158 valence electrons. The molecule has 4 rings (SSSR count). The molecule has 2 aromatic carbocycles. The third-order valence-electron chi connectivity index (χ3n) is 4.84. The molecule has 1 aliphatic rings. The fraction of sp³-hybridized carbons (Fsp3) is 0.217. The van der Waals surface area contributed by atoms with Gasteiger partial charge in [-0.25, -0.2) is 4.98 Å². The predicted octanol–water partition coefficient (Wildman–Crippen LogP) is 4.94. The van der Waals surface area contributed by atoms with Gasteiger partial charge in [-0.05, 0) is 24.3 Å². The highest BCUT2D eigenvalue weighted by Crippen LogP contribution is 2.37. The number of carbonyl (C=O) groups is 3. The second kappa shape index (κ2) is 9.45. The maximum atomic E-state index is 12.6. The number of fused-ring (bicyclic) bond motifs is 1. The van der Waals surface area contributed by atoms with Crippen molar-refractivity contribution in [2.24, 2.45) is 0 Å². The van der Waals surface area contributed by atoms with Crippen LogP contribution in [0.2, 0.25) is 0 Å². The fourth-order valence-electron chi connectivity index (χ4n) is 3.39. The van der Waals surface area contributed by atoms with E-state index in [2.05, 4.69) is 17.2 Å². The molecule has 0 aliphatic carbocycles. The van der Waals surface area contributed by atoms with Crippen LogP contribution in [0.4, 0.5) is 5.00 Å². The number of hydrogen-bond acceptors (Lipinski definition) is 6. The van der Waals surface area contributed by atoms with Crippen LogP contribution in [0.15, 0.2) is 58.9 Å². The highest BCUT2D eigenvalue weighted by atomic mass is 32.2. The zero-order valence-corrected chi connectivity index (χ0v) is 18.6. The van der Waals surface area contributed by atoms with E-state index in [-0.39, 0.29) is 30.7 Å². The third kappa shape index (κ3) is 4.55. The molecule has 6 nitrogen and oxygen atoms in total. The zero-order valence-electron chi connectivity index (χ0n) is 17.0. The molecule has 0 fully saturated rings. The molecule has 0 radical (unpaired) electrons. The summed E-state index contributed by atoms with van der Waals surface area (Å²) in [6, 6.07) is 16.5. The van der Waals surface area contributed by atoms with Crippen molar-refractivity contribution >= 4 is 45.8 Å². The average molecular weight is 452 g/mol. The topological polar surface area (TPSA) is 79.4 Å². The van der Waals surface area contributed by atoms with Crippen molar-refractivity contribution in [1.82, 2.24) is 9.88 Å². The SMILES string of the molecule is CCSc1nc(-c2ccccc2)c(NC(=O)CCCN2C(=O)c3ccccc3C2=O)s1. The molecule has 0 saturated heterocycles. The lowest BCUT2D eigenvalue weighted by Crippen LogP contribution is -2.31. The smallest absolute Gasteiger partial charge is 0.261 e. The van der Waals surface area contributed by atoms with Gasteiger partial charge in [0.15, 0.2) is 4.34 Å². The van der Waals surface area contributed by atoms with E-state index >= 15 is 0 Å². The molecule has 1 aromatic heterocycles. The molecule has 2 heterocycles. The largest absolute Gasteiger partial charge is 0.316 e. The lowest BCUT2D eigenvalue weighted by molar-refractivity contribution is -0.116. The quantitative estimate of drug-likeness (QED) is 0.388. The number of rotatable bonds is 8. The summed E-state index contributed by atoms with van der Waals surface area (Å²) < 4.78 is 0.905. The van der Waals surface area contributed by atoms with Gasteiger partial charge in [0.1, 0.15) is 10.7 Å². The van der Waals surface area contributed by atoms with Gasteiger partial charge in [-0.1, -0.05) is 72.5 Å². The molecular weight excluding hydrogens is 430 g/mol. The Hall–Kier alpha value is -2.97. The first kappa shape index (κ1) is 21.3. The van der Waals surface area contributed by atoms with Crippen molar-refractivity contribution in [1.29, 1.82) is 0 Å². The summed E-state index contributed by atoms with van der Waals surface area (Å²) in [7, 11) is 0. The molecule has 0 spiro atoms. The summed E-state index contributed by atoms with van der Waals surface area (Å²) in [5.74, 6) is 0.146. The van der Waals surface area contributed by atoms with Gasteiger partial charge in [0.05, 0.1) is 11.1 Å². The minimum absolute atomic E-state index is 0.162. The number of hydrogen-bond donors (Lipinski definition) is 1. The van der Waals surface area contributed by atoms with E-state index in [1.807, 2.05) is 30.3 Å². The van der Waals surface area contributed by atoms with Crippen LogP contribution in [-0.2, 0) is 4.79 Å². The summed E-state index contributed by atoms with van der Waals surface area (Å²) >= 11 is 3.10. The van der Waals surface area contributed by atoms with Crippen LogP contribution >= 0.6 is 23.1 Å². The molecule has 0 bridgehead atoms. The lowest BCUT2D eigenvalue weighted by atomic mass is 10.1. The molecule has 1 N–H and O–H groups in total. The summed E-state index contributed by atoms with van der Waals surface area (Å²) in [6.45, 7) is 2.27. The fourth-order valence-corrected chi connectivity index (χ4v) is 5.37. The van der Waals surface area contributed by atoms with Crippen LogP contribution in [0.25, 0.3) is 11.3 Å². The van der Waals surface area contributed by atoms with Gasteiger partial charge >= 0.3 is 0 Å². The third-order valence-corrected chi connectivity index (χ3v) is 6.84. The average Bonchev–Trinajstić information content (AvgIpc) is 3.28. The zero-order chi connectivity index (χ0) is 21.8. The van der Waals surface area contributed by atoms with Crippen LogP contribution in [0, 0.1) is 0 Å². The first-order valence-corrected chi connectivity index (χ1v) is 11.8. The molecule has 0 unspecified atom stereocenters. The van der Waals surface area contributed by atoms with E-state index in [4.69, 9.17) is 0 Å². The molecule has 1 aliphatic heterocycles. The number of imide groups is 1. The van der Waals surface area contributed by atoms with Crippen molar-refractivity contribution in [2.75, 3.05) is 17.6 Å². The first-order chi connectivity index (χ1) is 15.1. The molecule has 3 amide bonds. The van der Waals surface area contributed by atoms with Crippen molar-refractivity contribution in [3.63, 3.8) is 0 Å². The Balaban J connectivity index is 1.39. The van der Waals surface area contributed by atoms with Crippen molar-refractivity contribution < 1.29 is 14.4 Å². The molecule has 8 heteroatoms. The van der Waals surface area contributed by atoms with Crippen molar-refractivity contribution in [3.8, 4) is 11.3 Å². The number of benzene rings is 2. The Morgan fingerprint density at radius 2 is 1.68 bits per heavy atom. The number of anilines is 1. The highest BCUT2D eigenvalue weighted by molar-refractivity contribution is 8.01. The van der Waals surface area contributed by atoms with Gasteiger partial charge in [-0.2, -0.15) is 0 Å². The maximum Gasteiger partial charge on any atom is 0.261 e. The van der Waals surface area contributed by atoms with E-state index in [1.165, 1.54) is 16.2 Å². The maximum absolute atomic E-state index is 12.6. The Morgan fingerprint density at radius 1 is 1.03 bits per heavy atom. The Kier molecular flexibility index (Phi) is 6.48. The van der Waals surface area contributed by atoms with Gasteiger partial charge in [-0.15, -0.1) is 0 Å². The number of amides is 3. The van der Waals surface area contributed by atoms with Crippen LogP contribution in [0.5, 0.6) is 0 Å². The Bertz CT molecular complexity index is 1090. The van der Waals surface area contributed by atoms with Crippen LogP contribution in [0.1, 0.15) is 40.5 Å². The second-order valence-electron chi connectivity index (χ2n) is 6.92. The molecule has 0 atom stereocenters. The Labute approximate surface area is 188 Å². The number of nitrogens with zero attached hydrogens (tertiary/aromatic N) is 2. The monoisotopic (exact) mass is 451 g/mol. The van der Waals surface area contributed by atoms with Crippen LogP contribution in [0.3, 0.4) is 0 Å². The minimum Gasteiger partial charge on any atom is -0.316 e. The van der Waals surface area contributed by atoms with E-state index < -0.39 is 0 Å². The summed E-state index contributed by atoms with van der Waals surface area (Å²) in [5.41, 5.74) is 2.56. The molecule has 0 saturated carbocycles. The standard InChI is InChI=1S/C23H21N3O3S2/c1-2-30-23-25-19(15-9-4-3-5-10-15)20(31-23)24-18(27)13-8-14-26-21(28)16-11-6-7-12-17(16)22(26)29/h3-7,9-12H,2,8,13-14H2,1H3,(H,24,27). The second-order valence-corrected chi connectivity index (χ2v) is 9.43. The minimum atomic E-state index is -0.295. The Morgan fingerprint density at radius 3 is 2.32 bits per heavy atom. The van der Waals surface area contributed by atoms with E-state index in [1.54, 1.807) is 36.0 Å². The van der Waals surface area contributed by atoms with Crippen molar-refractivity contribution in [3.05, 3.63) is 65.7 Å². The van der Waals surface area contributed by atoms with Gasteiger partial charge in [0, 0.05) is 18.5 Å². The normalized spacial score (nSPS) is 12.9. The van der Waals surface area contributed by atoms with Gasteiger partial charge < -0.3 is 5.32 Å². The van der Waals surface area contributed by atoms with Gasteiger partial charge in [0.25, 0.3) is 11.8 Å². The number of carbonyl (C=O) groups excluding carboxylic acids is 3. The first-order valence-electron chi connectivity index (χ1n) is 10.0.